The quantitative estimate of drug-likeness (QED) is 0.788. The Hall–Kier alpha value is -0.870. The number of aryl methyl sites for hydroxylation is 1. The highest BCUT2D eigenvalue weighted by Crippen LogP contribution is 2.19. The molecule has 0 aromatic carbocycles. The van der Waals surface area contributed by atoms with Crippen LogP contribution in [0.5, 0.6) is 0 Å². The van der Waals surface area contributed by atoms with E-state index in [9.17, 15) is 0 Å². The smallest absolute Gasteiger partial charge is 0.0762 e. The Bertz CT molecular complexity index is 355. The Labute approximate surface area is 103 Å². The number of hydrogen-bond donors (Lipinski definition) is 1. The lowest BCUT2D eigenvalue weighted by Gasteiger charge is -2.22. The highest BCUT2D eigenvalue weighted by Gasteiger charge is 2.20. The maximum atomic E-state index is 5.40. The minimum absolute atomic E-state index is 0.0711. The molecule has 0 unspecified atom stereocenters. The average Bonchev–Trinajstić information content (AvgIpc) is 3.03. The zero-order valence-electron chi connectivity index (χ0n) is 11.1. The Balaban J connectivity index is 1.76. The zero-order chi connectivity index (χ0) is 12.3. The number of rotatable bonds is 7. The van der Waals surface area contributed by atoms with Crippen LogP contribution in [0.2, 0.25) is 0 Å². The molecule has 0 spiro atoms. The first-order valence-corrected chi connectivity index (χ1v) is 6.40. The molecule has 0 aliphatic heterocycles. The second kappa shape index (κ2) is 5.19. The molecule has 1 saturated carbocycles. The largest absolute Gasteiger partial charge is 0.379 e. The summed E-state index contributed by atoms with van der Waals surface area (Å²) in [6.45, 7) is 6.01. The van der Waals surface area contributed by atoms with Gasteiger partial charge in [0, 0.05) is 32.4 Å². The number of nitrogens with zero attached hydrogens (tertiary/aromatic N) is 2. The van der Waals surface area contributed by atoms with Crippen LogP contribution < -0.4 is 5.32 Å². The van der Waals surface area contributed by atoms with Crippen LogP contribution >= 0.6 is 0 Å². The fourth-order valence-electron chi connectivity index (χ4n) is 1.64. The van der Waals surface area contributed by atoms with Crippen LogP contribution in [-0.4, -0.2) is 28.5 Å². The van der Waals surface area contributed by atoms with Crippen molar-refractivity contribution in [3.8, 4) is 0 Å². The molecule has 4 heteroatoms. The molecule has 0 saturated heterocycles. The second-order valence-corrected chi connectivity index (χ2v) is 5.44. The Kier molecular flexibility index (Phi) is 3.84. The van der Waals surface area contributed by atoms with Crippen molar-refractivity contribution in [2.75, 3.05) is 7.11 Å². The molecule has 1 fully saturated rings. The number of aromatic nitrogens is 2. The normalized spacial score (nSPS) is 16.4. The van der Waals surface area contributed by atoms with Crippen molar-refractivity contribution in [1.82, 2.24) is 15.1 Å². The molecule has 0 bridgehead atoms. The van der Waals surface area contributed by atoms with Crippen LogP contribution in [0, 0.1) is 0 Å². The SMILES string of the molecule is COC(C)(C)CCn1ccc(CNC2CC2)n1. The van der Waals surface area contributed by atoms with E-state index < -0.39 is 0 Å². The third-order valence-corrected chi connectivity index (χ3v) is 3.34. The Morgan fingerprint density at radius 2 is 2.29 bits per heavy atom. The molecule has 17 heavy (non-hydrogen) atoms. The summed E-state index contributed by atoms with van der Waals surface area (Å²) in [5.41, 5.74) is 1.06. The standard InChI is InChI=1S/C13H23N3O/c1-13(2,17-3)7-9-16-8-6-12(15-16)10-14-11-4-5-11/h6,8,11,14H,4-5,7,9-10H2,1-3H3. The van der Waals surface area contributed by atoms with Crippen LogP contribution in [0.3, 0.4) is 0 Å². The number of nitrogens with one attached hydrogen (secondary N) is 1. The predicted octanol–water partition coefficient (Wildman–Crippen LogP) is 1.95. The van der Waals surface area contributed by atoms with Crippen molar-refractivity contribution in [2.45, 2.75) is 57.8 Å². The summed E-state index contributed by atoms with van der Waals surface area (Å²) in [5, 5.41) is 8.02. The minimum Gasteiger partial charge on any atom is -0.379 e. The molecule has 1 N–H and O–H groups in total. The van der Waals surface area contributed by atoms with Gasteiger partial charge in [-0.05, 0) is 39.2 Å². The monoisotopic (exact) mass is 237 g/mol. The average molecular weight is 237 g/mol. The van der Waals surface area contributed by atoms with E-state index >= 15 is 0 Å². The van der Waals surface area contributed by atoms with Crippen LogP contribution in [0.15, 0.2) is 12.3 Å². The number of hydrogen-bond acceptors (Lipinski definition) is 3. The van der Waals surface area contributed by atoms with Gasteiger partial charge in [-0.2, -0.15) is 5.10 Å². The first kappa shape index (κ1) is 12.6. The van der Waals surface area contributed by atoms with E-state index in [0.29, 0.717) is 0 Å². The second-order valence-electron chi connectivity index (χ2n) is 5.44. The first-order valence-electron chi connectivity index (χ1n) is 6.40. The lowest BCUT2D eigenvalue weighted by Crippen LogP contribution is -2.24. The molecule has 4 nitrogen and oxygen atoms in total. The van der Waals surface area contributed by atoms with E-state index in [1.54, 1.807) is 7.11 Å². The van der Waals surface area contributed by atoms with E-state index in [-0.39, 0.29) is 5.60 Å². The molecule has 0 atom stereocenters. The Morgan fingerprint density at radius 1 is 1.53 bits per heavy atom. The topological polar surface area (TPSA) is 39.1 Å². The maximum absolute atomic E-state index is 5.40. The van der Waals surface area contributed by atoms with E-state index in [4.69, 9.17) is 4.74 Å². The van der Waals surface area contributed by atoms with Gasteiger partial charge in [0.15, 0.2) is 0 Å². The first-order chi connectivity index (χ1) is 8.09. The fraction of sp³-hybridized carbons (Fsp3) is 0.769. The minimum atomic E-state index is -0.0711. The summed E-state index contributed by atoms with van der Waals surface area (Å²) < 4.78 is 7.40. The van der Waals surface area contributed by atoms with Crippen LogP contribution in [0.4, 0.5) is 0 Å². The summed E-state index contributed by atoms with van der Waals surface area (Å²) in [4.78, 5) is 0. The number of ether oxygens (including phenoxy) is 1. The van der Waals surface area contributed by atoms with Gasteiger partial charge in [-0.3, -0.25) is 4.68 Å². The van der Waals surface area contributed by atoms with E-state index in [1.165, 1.54) is 12.8 Å². The summed E-state index contributed by atoms with van der Waals surface area (Å²) in [5.74, 6) is 0. The van der Waals surface area contributed by atoms with E-state index in [2.05, 4.69) is 36.5 Å². The fourth-order valence-corrected chi connectivity index (χ4v) is 1.64. The molecule has 0 radical (unpaired) electrons. The molecule has 0 amide bonds. The summed E-state index contributed by atoms with van der Waals surface area (Å²) in [6.07, 6.45) is 5.67. The highest BCUT2D eigenvalue weighted by atomic mass is 16.5. The molecule has 1 aromatic rings. The molecule has 1 heterocycles. The summed E-state index contributed by atoms with van der Waals surface area (Å²) >= 11 is 0. The van der Waals surface area contributed by atoms with Crippen molar-refractivity contribution in [2.24, 2.45) is 0 Å². The molecule has 1 aliphatic carbocycles. The molecular formula is C13H23N3O. The zero-order valence-corrected chi connectivity index (χ0v) is 11.1. The Morgan fingerprint density at radius 3 is 2.94 bits per heavy atom. The predicted molar refractivity (Wildman–Crippen MR) is 67.8 cm³/mol. The summed E-state index contributed by atoms with van der Waals surface area (Å²) in [7, 11) is 1.76. The van der Waals surface area contributed by atoms with Gasteiger partial charge in [0.25, 0.3) is 0 Å². The van der Waals surface area contributed by atoms with Crippen molar-refractivity contribution in [1.29, 1.82) is 0 Å². The van der Waals surface area contributed by atoms with E-state index in [0.717, 1.165) is 31.2 Å². The molecular weight excluding hydrogens is 214 g/mol. The third-order valence-electron chi connectivity index (χ3n) is 3.34. The molecule has 96 valence electrons. The van der Waals surface area contributed by atoms with Crippen molar-refractivity contribution in [3.63, 3.8) is 0 Å². The van der Waals surface area contributed by atoms with Gasteiger partial charge in [0.05, 0.1) is 11.3 Å². The van der Waals surface area contributed by atoms with Gasteiger partial charge < -0.3 is 10.1 Å². The van der Waals surface area contributed by atoms with Gasteiger partial charge >= 0.3 is 0 Å². The highest BCUT2D eigenvalue weighted by molar-refractivity contribution is 4.99. The van der Waals surface area contributed by atoms with Gasteiger partial charge in [-0.25, -0.2) is 0 Å². The van der Waals surface area contributed by atoms with Crippen molar-refractivity contribution < 1.29 is 4.74 Å². The lowest BCUT2D eigenvalue weighted by molar-refractivity contribution is 0.0113. The van der Waals surface area contributed by atoms with Gasteiger partial charge in [0.2, 0.25) is 0 Å². The van der Waals surface area contributed by atoms with E-state index in [1.807, 2.05) is 4.68 Å². The molecule has 1 aromatic heterocycles. The summed E-state index contributed by atoms with van der Waals surface area (Å²) in [6, 6.07) is 2.84. The van der Waals surface area contributed by atoms with Crippen LogP contribution in [0.25, 0.3) is 0 Å². The van der Waals surface area contributed by atoms with Crippen LogP contribution in [-0.2, 0) is 17.8 Å². The lowest BCUT2D eigenvalue weighted by atomic mass is 10.1. The van der Waals surface area contributed by atoms with Crippen molar-refractivity contribution >= 4 is 0 Å². The molecule has 2 rings (SSSR count). The van der Waals surface area contributed by atoms with Crippen LogP contribution in [0.1, 0.15) is 38.8 Å². The maximum Gasteiger partial charge on any atom is 0.0762 e. The van der Waals surface area contributed by atoms with Gasteiger partial charge in [0.1, 0.15) is 0 Å². The van der Waals surface area contributed by atoms with Gasteiger partial charge in [-0.15, -0.1) is 0 Å². The van der Waals surface area contributed by atoms with Crippen molar-refractivity contribution in [3.05, 3.63) is 18.0 Å². The van der Waals surface area contributed by atoms with Gasteiger partial charge in [-0.1, -0.05) is 0 Å². The number of methoxy groups -OCH3 is 1. The molecule has 1 aliphatic rings. The third kappa shape index (κ3) is 4.13.